The summed E-state index contributed by atoms with van der Waals surface area (Å²) in [4.78, 5) is 43.9. The summed E-state index contributed by atoms with van der Waals surface area (Å²) in [5, 5.41) is 9.55. The van der Waals surface area contributed by atoms with Gasteiger partial charge >= 0.3 is 11.8 Å². The van der Waals surface area contributed by atoms with Gasteiger partial charge in [0.15, 0.2) is 0 Å². The lowest BCUT2D eigenvalue weighted by atomic mass is 10.3. The fourth-order valence-electron chi connectivity index (χ4n) is 1.27. The van der Waals surface area contributed by atoms with Crippen molar-refractivity contribution in [2.24, 2.45) is 5.73 Å². The maximum absolute atomic E-state index is 11.2. The summed E-state index contributed by atoms with van der Waals surface area (Å²) in [7, 11) is 0. The third-order valence-electron chi connectivity index (χ3n) is 2.16. The number of hydrogen-bond donors (Lipinski definition) is 3. The number of nitrogens with zero attached hydrogens (tertiary/aromatic N) is 1. The SMILES string of the molecule is NC(=O)CCC(=O)N[N+]1(O)C(=O)CCC1=O. The first-order chi connectivity index (χ1) is 7.36. The molecule has 4 N–H and O–H groups in total. The highest BCUT2D eigenvalue weighted by atomic mass is 16.6. The monoisotopic (exact) mass is 230 g/mol. The Hall–Kier alpha value is -1.80. The van der Waals surface area contributed by atoms with E-state index in [1.807, 2.05) is 5.43 Å². The molecule has 1 aliphatic heterocycles. The summed E-state index contributed by atoms with van der Waals surface area (Å²) in [5.41, 5.74) is 6.67. The van der Waals surface area contributed by atoms with Crippen LogP contribution in [-0.2, 0) is 19.2 Å². The minimum absolute atomic E-state index is 0.120. The fraction of sp³-hybridized carbons (Fsp3) is 0.500. The first-order valence-electron chi connectivity index (χ1n) is 4.64. The number of hydrogen-bond acceptors (Lipinski definition) is 5. The van der Waals surface area contributed by atoms with Crippen LogP contribution in [0.3, 0.4) is 0 Å². The van der Waals surface area contributed by atoms with Gasteiger partial charge in [-0.25, -0.2) is 9.59 Å². The highest BCUT2D eigenvalue weighted by Gasteiger charge is 2.52. The van der Waals surface area contributed by atoms with Crippen LogP contribution in [0.5, 0.6) is 0 Å². The van der Waals surface area contributed by atoms with E-state index in [1.54, 1.807) is 0 Å². The number of imide groups is 1. The van der Waals surface area contributed by atoms with Gasteiger partial charge in [0.2, 0.25) is 5.91 Å². The third-order valence-corrected chi connectivity index (χ3v) is 2.16. The molecule has 0 aromatic heterocycles. The van der Waals surface area contributed by atoms with Gasteiger partial charge < -0.3 is 5.73 Å². The highest BCUT2D eigenvalue weighted by molar-refractivity contribution is 5.92. The average Bonchev–Trinajstić information content (AvgIpc) is 2.43. The van der Waals surface area contributed by atoms with Gasteiger partial charge in [-0.1, -0.05) is 0 Å². The molecule has 88 valence electrons. The number of primary amides is 1. The van der Waals surface area contributed by atoms with Crippen LogP contribution in [0.1, 0.15) is 25.7 Å². The van der Waals surface area contributed by atoms with E-state index in [-0.39, 0.29) is 25.7 Å². The van der Waals surface area contributed by atoms with Crippen LogP contribution in [0.15, 0.2) is 0 Å². The Balaban J connectivity index is 2.59. The van der Waals surface area contributed by atoms with E-state index in [2.05, 4.69) is 0 Å². The maximum Gasteiger partial charge on any atom is 0.379 e. The lowest BCUT2D eigenvalue weighted by Crippen LogP contribution is -2.61. The van der Waals surface area contributed by atoms with Crippen molar-refractivity contribution < 1.29 is 29.1 Å². The average molecular weight is 230 g/mol. The highest BCUT2D eigenvalue weighted by Crippen LogP contribution is 2.16. The second kappa shape index (κ2) is 4.37. The van der Waals surface area contributed by atoms with E-state index in [0.717, 1.165) is 0 Å². The van der Waals surface area contributed by atoms with Crippen molar-refractivity contribution in [2.75, 3.05) is 0 Å². The molecule has 0 unspecified atom stereocenters. The molecular weight excluding hydrogens is 218 g/mol. The molecule has 1 rings (SSSR count). The van der Waals surface area contributed by atoms with Crippen molar-refractivity contribution in [3.8, 4) is 0 Å². The Kier molecular flexibility index (Phi) is 3.35. The van der Waals surface area contributed by atoms with Crippen molar-refractivity contribution in [1.29, 1.82) is 0 Å². The molecule has 16 heavy (non-hydrogen) atoms. The Bertz CT molecular complexity index is 349. The predicted molar refractivity (Wildman–Crippen MR) is 47.9 cm³/mol. The van der Waals surface area contributed by atoms with Crippen molar-refractivity contribution in [1.82, 2.24) is 5.43 Å². The van der Waals surface area contributed by atoms with E-state index in [1.165, 1.54) is 0 Å². The number of rotatable bonds is 4. The lowest BCUT2D eigenvalue weighted by molar-refractivity contribution is -1.00. The fourth-order valence-corrected chi connectivity index (χ4v) is 1.27. The Morgan fingerprint density at radius 1 is 1.25 bits per heavy atom. The van der Waals surface area contributed by atoms with E-state index in [4.69, 9.17) is 5.73 Å². The quantitative estimate of drug-likeness (QED) is 0.302. The standard InChI is InChI=1S/C8H11N3O5/c9-5(12)1-2-6(13)10-11(16)7(14)3-4-8(11)15/h16H,1-4H2,(H2-,9,10,12,13)/p+1. The maximum atomic E-state index is 11.2. The molecular formula is C8H12N3O5+. The summed E-state index contributed by atoms with van der Waals surface area (Å²) in [6, 6.07) is 0. The zero-order chi connectivity index (χ0) is 12.3. The molecule has 0 atom stereocenters. The molecule has 8 heteroatoms. The molecule has 0 aliphatic carbocycles. The van der Waals surface area contributed by atoms with Gasteiger partial charge in [-0.2, -0.15) is 10.6 Å². The van der Waals surface area contributed by atoms with E-state index in [9.17, 15) is 24.4 Å². The summed E-state index contributed by atoms with van der Waals surface area (Å²) in [6.45, 7) is 0. The predicted octanol–water partition coefficient (Wildman–Crippen LogP) is -1.66. The molecule has 8 nitrogen and oxygen atoms in total. The van der Waals surface area contributed by atoms with E-state index >= 15 is 0 Å². The molecule has 4 amide bonds. The van der Waals surface area contributed by atoms with Crippen LogP contribution < -0.4 is 11.2 Å². The van der Waals surface area contributed by atoms with Crippen LogP contribution in [0.25, 0.3) is 0 Å². The number of hydroxylamine groups is 2. The molecule has 1 heterocycles. The number of quaternary nitrogens is 1. The first-order valence-corrected chi connectivity index (χ1v) is 4.64. The lowest BCUT2D eigenvalue weighted by Gasteiger charge is -2.18. The number of carbonyl (C=O) groups is 4. The molecule has 0 saturated carbocycles. The summed E-state index contributed by atoms with van der Waals surface area (Å²) in [5.74, 6) is -3.06. The first kappa shape index (κ1) is 12.3. The van der Waals surface area contributed by atoms with Gasteiger partial charge in [0, 0.05) is 17.6 Å². The molecule has 0 aromatic carbocycles. The van der Waals surface area contributed by atoms with E-state index in [0.29, 0.717) is 0 Å². The van der Waals surface area contributed by atoms with Gasteiger partial charge in [-0.05, 0) is 0 Å². The Morgan fingerprint density at radius 3 is 2.19 bits per heavy atom. The largest absolute Gasteiger partial charge is 0.379 e. The summed E-state index contributed by atoms with van der Waals surface area (Å²) in [6.07, 6.45) is -0.735. The van der Waals surface area contributed by atoms with E-state index < -0.39 is 28.4 Å². The minimum atomic E-state index is -1.71. The minimum Gasteiger partial charge on any atom is -0.370 e. The molecule has 0 radical (unpaired) electrons. The van der Waals surface area contributed by atoms with Crippen molar-refractivity contribution in [3.05, 3.63) is 0 Å². The Morgan fingerprint density at radius 2 is 1.75 bits per heavy atom. The van der Waals surface area contributed by atoms with Crippen LogP contribution in [-0.4, -0.2) is 33.6 Å². The molecule has 1 saturated heterocycles. The summed E-state index contributed by atoms with van der Waals surface area (Å²) >= 11 is 0. The third kappa shape index (κ3) is 2.41. The topological polar surface area (TPSA) is 127 Å². The van der Waals surface area contributed by atoms with Crippen LogP contribution in [0.2, 0.25) is 0 Å². The molecule has 0 bridgehead atoms. The van der Waals surface area contributed by atoms with Gasteiger partial charge in [-0.3, -0.25) is 9.59 Å². The molecule has 1 aliphatic rings. The van der Waals surface area contributed by atoms with Gasteiger partial charge in [0.25, 0.3) is 5.91 Å². The van der Waals surface area contributed by atoms with Crippen molar-refractivity contribution in [3.63, 3.8) is 0 Å². The van der Waals surface area contributed by atoms with Crippen LogP contribution in [0.4, 0.5) is 0 Å². The number of nitrogens with two attached hydrogens (primary N) is 1. The van der Waals surface area contributed by atoms with Crippen molar-refractivity contribution >= 4 is 23.6 Å². The summed E-state index contributed by atoms with van der Waals surface area (Å²) < 4.78 is -1.71. The number of amides is 4. The molecule has 0 aromatic rings. The number of nitrogens with one attached hydrogen (secondary N) is 1. The second-order valence-corrected chi connectivity index (χ2v) is 3.42. The van der Waals surface area contributed by atoms with Gasteiger partial charge in [0.1, 0.15) is 0 Å². The Labute approximate surface area is 90.5 Å². The van der Waals surface area contributed by atoms with Gasteiger partial charge in [0.05, 0.1) is 12.8 Å². The van der Waals surface area contributed by atoms with Gasteiger partial charge in [-0.15, -0.1) is 0 Å². The molecule has 1 fully saturated rings. The van der Waals surface area contributed by atoms with Crippen LogP contribution >= 0.6 is 0 Å². The van der Waals surface area contributed by atoms with Crippen molar-refractivity contribution in [2.45, 2.75) is 25.7 Å². The normalized spacial score (nSPS) is 18.6. The van der Waals surface area contributed by atoms with Crippen LogP contribution in [0, 0.1) is 0 Å². The number of carbonyl (C=O) groups excluding carboxylic acids is 4. The zero-order valence-corrected chi connectivity index (χ0v) is 8.43. The molecule has 0 spiro atoms. The zero-order valence-electron chi connectivity index (χ0n) is 8.43. The second-order valence-electron chi connectivity index (χ2n) is 3.42. The smallest absolute Gasteiger partial charge is 0.370 e.